The predicted molar refractivity (Wildman–Crippen MR) is 129 cm³/mol. The first kappa shape index (κ1) is 22.3. The molecule has 7 heteroatoms. The van der Waals surface area contributed by atoms with Crippen molar-refractivity contribution in [2.75, 3.05) is 10.6 Å². The summed E-state index contributed by atoms with van der Waals surface area (Å²) in [6.07, 6.45) is 0.921. The molecule has 0 saturated heterocycles. The molecule has 4 rings (SSSR count). The maximum atomic E-state index is 12.9. The molecule has 1 aliphatic rings. The number of anilines is 2. The molecule has 0 spiro atoms. The molecule has 0 atom stereocenters. The molecule has 0 bridgehead atoms. The van der Waals surface area contributed by atoms with Gasteiger partial charge in [-0.2, -0.15) is 0 Å². The molecule has 166 valence electrons. The topological polar surface area (TPSA) is 78.5 Å². The molecule has 1 aliphatic heterocycles. The summed E-state index contributed by atoms with van der Waals surface area (Å²) in [6, 6.07) is 23.5. The normalized spacial score (nSPS) is 13.5. The molecule has 6 nitrogen and oxygen atoms in total. The van der Waals surface area contributed by atoms with Crippen LogP contribution in [0.3, 0.4) is 0 Å². The number of benzene rings is 3. The van der Waals surface area contributed by atoms with Crippen LogP contribution in [-0.4, -0.2) is 22.6 Å². The van der Waals surface area contributed by atoms with Gasteiger partial charge in [0.05, 0.1) is 6.54 Å². The molecule has 3 aromatic carbocycles. The van der Waals surface area contributed by atoms with Gasteiger partial charge in [0.1, 0.15) is 10.7 Å². The molecular formula is C26H22ClN3O3. The lowest BCUT2D eigenvalue weighted by Crippen LogP contribution is -2.31. The van der Waals surface area contributed by atoms with Crippen LogP contribution in [0.2, 0.25) is 0 Å². The molecule has 2 N–H and O–H groups in total. The lowest BCUT2D eigenvalue weighted by Gasteiger charge is -2.15. The molecule has 33 heavy (non-hydrogen) atoms. The lowest BCUT2D eigenvalue weighted by atomic mass is 10.1. The highest BCUT2D eigenvalue weighted by Crippen LogP contribution is 2.27. The van der Waals surface area contributed by atoms with E-state index in [9.17, 15) is 14.4 Å². The number of hydrogen-bond donors (Lipinski definition) is 2. The number of rotatable bonds is 7. The fourth-order valence-corrected chi connectivity index (χ4v) is 3.70. The Bertz CT molecular complexity index is 1240. The number of carbonyl (C=O) groups excluding carboxylic acids is 3. The number of carbonyl (C=O) groups is 3. The number of nitrogens with one attached hydrogen (secondary N) is 2. The van der Waals surface area contributed by atoms with E-state index in [0.717, 1.165) is 16.9 Å². The molecule has 0 radical (unpaired) electrons. The summed E-state index contributed by atoms with van der Waals surface area (Å²) in [7, 11) is 0. The molecule has 0 saturated carbocycles. The molecule has 3 aromatic rings. The second kappa shape index (κ2) is 9.71. The molecule has 3 amide bonds. The largest absolute Gasteiger partial charge is 0.350 e. The van der Waals surface area contributed by atoms with Crippen molar-refractivity contribution in [1.82, 2.24) is 4.90 Å². The smallest absolute Gasteiger partial charge is 0.279 e. The second-order valence-electron chi connectivity index (χ2n) is 7.58. The van der Waals surface area contributed by atoms with Crippen LogP contribution in [0.1, 0.15) is 28.4 Å². The number of imide groups is 1. The Labute approximate surface area is 196 Å². The number of halogens is 1. The van der Waals surface area contributed by atoms with Gasteiger partial charge in [-0.25, -0.2) is 0 Å². The Morgan fingerprint density at radius 3 is 2.27 bits per heavy atom. The summed E-state index contributed by atoms with van der Waals surface area (Å²) in [5.74, 6) is -1.36. The van der Waals surface area contributed by atoms with E-state index < -0.39 is 11.8 Å². The van der Waals surface area contributed by atoms with E-state index >= 15 is 0 Å². The van der Waals surface area contributed by atoms with Gasteiger partial charge in [-0.1, -0.05) is 67.1 Å². The first-order valence-corrected chi connectivity index (χ1v) is 10.9. The zero-order chi connectivity index (χ0) is 23.4. The molecule has 0 aromatic heterocycles. The van der Waals surface area contributed by atoms with Crippen LogP contribution < -0.4 is 10.6 Å². The van der Waals surface area contributed by atoms with Gasteiger partial charge in [0.2, 0.25) is 0 Å². The van der Waals surface area contributed by atoms with Crippen LogP contribution in [0, 0.1) is 0 Å². The van der Waals surface area contributed by atoms with E-state index in [0.29, 0.717) is 16.9 Å². The summed E-state index contributed by atoms with van der Waals surface area (Å²) in [4.78, 5) is 39.2. The number of amides is 3. The van der Waals surface area contributed by atoms with Crippen LogP contribution in [0.15, 0.2) is 89.6 Å². The predicted octanol–water partition coefficient (Wildman–Crippen LogP) is 4.93. The zero-order valence-electron chi connectivity index (χ0n) is 18.0. The van der Waals surface area contributed by atoms with Gasteiger partial charge in [-0.3, -0.25) is 19.3 Å². The quantitative estimate of drug-likeness (QED) is 0.491. The third-order valence-corrected chi connectivity index (χ3v) is 5.66. The zero-order valence-corrected chi connectivity index (χ0v) is 18.7. The highest BCUT2D eigenvalue weighted by atomic mass is 35.5. The van der Waals surface area contributed by atoms with E-state index in [2.05, 4.69) is 17.6 Å². The van der Waals surface area contributed by atoms with E-state index in [1.807, 2.05) is 54.6 Å². The van der Waals surface area contributed by atoms with Gasteiger partial charge >= 0.3 is 0 Å². The minimum Gasteiger partial charge on any atom is -0.350 e. The number of nitrogens with zero attached hydrogens (tertiary/aromatic N) is 1. The van der Waals surface area contributed by atoms with Crippen molar-refractivity contribution in [2.24, 2.45) is 0 Å². The molecule has 0 unspecified atom stereocenters. The second-order valence-corrected chi connectivity index (χ2v) is 7.96. The van der Waals surface area contributed by atoms with Crippen LogP contribution >= 0.6 is 11.6 Å². The van der Waals surface area contributed by atoms with Crippen LogP contribution in [0.4, 0.5) is 11.4 Å². The maximum Gasteiger partial charge on any atom is 0.279 e. The number of aryl methyl sites for hydroxylation is 1. The van der Waals surface area contributed by atoms with Gasteiger partial charge in [0, 0.05) is 16.9 Å². The lowest BCUT2D eigenvalue weighted by molar-refractivity contribution is -0.138. The fraction of sp³-hybridized carbons (Fsp3) is 0.115. The summed E-state index contributed by atoms with van der Waals surface area (Å²) >= 11 is 6.19. The van der Waals surface area contributed by atoms with E-state index in [-0.39, 0.29) is 23.2 Å². The third kappa shape index (κ3) is 4.96. The summed E-state index contributed by atoms with van der Waals surface area (Å²) in [6.45, 7) is 2.19. The Kier molecular flexibility index (Phi) is 6.56. The fourth-order valence-electron chi connectivity index (χ4n) is 3.47. The minimum absolute atomic E-state index is 0.00897. The molecular weight excluding hydrogens is 438 g/mol. The van der Waals surface area contributed by atoms with Crippen LogP contribution in [0.25, 0.3) is 0 Å². The first-order chi connectivity index (χ1) is 16.0. The monoisotopic (exact) mass is 459 g/mol. The van der Waals surface area contributed by atoms with Crippen LogP contribution in [0.5, 0.6) is 0 Å². The SMILES string of the molecule is CCc1ccc(NC(=O)c2cccc(NC3=C(Cl)C(=O)N(Cc4ccccc4)C3=O)c2)cc1. The molecule has 1 heterocycles. The average molecular weight is 460 g/mol. The van der Waals surface area contributed by atoms with Crippen LogP contribution in [-0.2, 0) is 22.6 Å². The highest BCUT2D eigenvalue weighted by molar-refractivity contribution is 6.48. The van der Waals surface area contributed by atoms with Crippen molar-refractivity contribution in [2.45, 2.75) is 19.9 Å². The minimum atomic E-state index is -0.558. The van der Waals surface area contributed by atoms with Crippen molar-refractivity contribution in [3.8, 4) is 0 Å². The molecule has 0 fully saturated rings. The van der Waals surface area contributed by atoms with Gasteiger partial charge in [0.25, 0.3) is 17.7 Å². The van der Waals surface area contributed by atoms with Gasteiger partial charge in [0.15, 0.2) is 0 Å². The third-order valence-electron chi connectivity index (χ3n) is 5.31. The van der Waals surface area contributed by atoms with Crippen molar-refractivity contribution < 1.29 is 14.4 Å². The Hall–Kier alpha value is -3.90. The maximum absolute atomic E-state index is 12.9. The van der Waals surface area contributed by atoms with Gasteiger partial charge in [-0.15, -0.1) is 0 Å². The Balaban J connectivity index is 1.47. The van der Waals surface area contributed by atoms with Crippen molar-refractivity contribution in [1.29, 1.82) is 0 Å². The highest BCUT2D eigenvalue weighted by Gasteiger charge is 2.37. The summed E-state index contributed by atoms with van der Waals surface area (Å²) in [5.41, 5.74) is 3.55. The van der Waals surface area contributed by atoms with E-state index in [1.165, 1.54) is 5.56 Å². The van der Waals surface area contributed by atoms with E-state index in [1.54, 1.807) is 24.3 Å². The Morgan fingerprint density at radius 2 is 1.58 bits per heavy atom. The molecule has 0 aliphatic carbocycles. The Morgan fingerprint density at radius 1 is 0.848 bits per heavy atom. The summed E-state index contributed by atoms with van der Waals surface area (Å²) in [5, 5.41) is 5.59. The number of hydrogen-bond acceptors (Lipinski definition) is 4. The van der Waals surface area contributed by atoms with Crippen molar-refractivity contribution in [3.05, 3.63) is 106 Å². The standard InChI is InChI=1S/C26H22ClN3O3/c1-2-17-11-13-20(14-12-17)29-24(31)19-9-6-10-21(15-19)28-23-22(27)25(32)30(26(23)33)16-18-7-4-3-5-8-18/h3-15,28H,2,16H2,1H3,(H,29,31). The van der Waals surface area contributed by atoms with Gasteiger partial charge < -0.3 is 10.6 Å². The summed E-state index contributed by atoms with van der Waals surface area (Å²) < 4.78 is 0. The van der Waals surface area contributed by atoms with Gasteiger partial charge in [-0.05, 0) is 47.9 Å². The van der Waals surface area contributed by atoms with Crippen molar-refractivity contribution >= 4 is 40.7 Å². The average Bonchev–Trinajstić information content (AvgIpc) is 3.04. The van der Waals surface area contributed by atoms with Crippen molar-refractivity contribution in [3.63, 3.8) is 0 Å². The first-order valence-electron chi connectivity index (χ1n) is 10.5. The van der Waals surface area contributed by atoms with E-state index in [4.69, 9.17) is 11.6 Å².